The molecule has 1 amide bonds. The molecule has 0 aliphatic heterocycles. The number of ether oxygens (including phenoxy) is 2. The van der Waals surface area contributed by atoms with Crippen LogP contribution in [-0.4, -0.2) is 31.2 Å². The van der Waals surface area contributed by atoms with E-state index < -0.39 is 5.97 Å². The van der Waals surface area contributed by atoms with Crippen molar-refractivity contribution in [2.45, 2.75) is 0 Å². The number of methoxy groups -OCH3 is 2. The maximum Gasteiger partial charge on any atom is 0.336 e. The van der Waals surface area contributed by atoms with Crippen molar-refractivity contribution < 1.29 is 24.2 Å². The highest BCUT2D eigenvalue weighted by molar-refractivity contribution is 6.10. The second-order valence-corrected chi connectivity index (χ2v) is 5.92. The Morgan fingerprint density at radius 2 is 1.43 bits per heavy atom. The molecule has 3 rings (SSSR count). The van der Waals surface area contributed by atoms with E-state index in [-0.39, 0.29) is 11.5 Å². The number of anilines is 1. The maximum atomic E-state index is 13.0. The monoisotopic (exact) mass is 377 g/mol. The predicted octanol–water partition coefficient (Wildman–Crippen LogP) is 4.32. The number of carboxylic acid groups (broad SMARTS) is 1. The lowest BCUT2D eigenvalue weighted by Gasteiger charge is -2.14. The number of benzene rings is 3. The first-order chi connectivity index (χ1) is 13.5. The van der Waals surface area contributed by atoms with Gasteiger partial charge in [-0.2, -0.15) is 0 Å². The van der Waals surface area contributed by atoms with Crippen LogP contribution in [0.1, 0.15) is 20.7 Å². The van der Waals surface area contributed by atoms with Gasteiger partial charge in [-0.25, -0.2) is 4.79 Å². The van der Waals surface area contributed by atoms with E-state index in [1.165, 1.54) is 13.2 Å². The molecule has 0 saturated heterocycles. The van der Waals surface area contributed by atoms with E-state index in [2.05, 4.69) is 5.32 Å². The zero-order valence-corrected chi connectivity index (χ0v) is 15.4. The van der Waals surface area contributed by atoms with Crippen LogP contribution in [0.15, 0.2) is 66.7 Å². The van der Waals surface area contributed by atoms with Crippen LogP contribution < -0.4 is 14.8 Å². The van der Waals surface area contributed by atoms with Gasteiger partial charge in [0.15, 0.2) is 0 Å². The smallest absolute Gasteiger partial charge is 0.336 e. The van der Waals surface area contributed by atoms with Crippen molar-refractivity contribution in [2.75, 3.05) is 19.5 Å². The molecule has 28 heavy (non-hydrogen) atoms. The highest BCUT2D eigenvalue weighted by atomic mass is 16.5. The topological polar surface area (TPSA) is 84.9 Å². The van der Waals surface area contributed by atoms with Crippen LogP contribution in [0.2, 0.25) is 0 Å². The largest absolute Gasteiger partial charge is 0.497 e. The van der Waals surface area contributed by atoms with Crippen molar-refractivity contribution >= 4 is 17.6 Å². The zero-order chi connectivity index (χ0) is 20.1. The molecule has 0 aromatic heterocycles. The SMILES string of the molecule is COc1ccc(NC(=O)c2ccccc2-c2ccccc2C(=O)O)c(OC)c1. The quantitative estimate of drug-likeness (QED) is 0.668. The van der Waals surface area contributed by atoms with Crippen molar-refractivity contribution in [3.8, 4) is 22.6 Å². The fourth-order valence-electron chi connectivity index (χ4n) is 2.91. The van der Waals surface area contributed by atoms with Gasteiger partial charge in [0.2, 0.25) is 0 Å². The van der Waals surface area contributed by atoms with Crippen LogP contribution in [0.5, 0.6) is 11.5 Å². The molecule has 0 heterocycles. The van der Waals surface area contributed by atoms with Gasteiger partial charge in [-0.3, -0.25) is 4.79 Å². The minimum Gasteiger partial charge on any atom is -0.497 e. The fourth-order valence-corrected chi connectivity index (χ4v) is 2.91. The Hall–Kier alpha value is -3.80. The van der Waals surface area contributed by atoms with E-state index in [1.54, 1.807) is 67.8 Å². The minimum atomic E-state index is -1.05. The molecule has 6 nitrogen and oxygen atoms in total. The summed E-state index contributed by atoms with van der Waals surface area (Å²) in [7, 11) is 3.05. The van der Waals surface area contributed by atoms with Crippen molar-refractivity contribution in [3.05, 3.63) is 77.9 Å². The van der Waals surface area contributed by atoms with Crippen LogP contribution in [-0.2, 0) is 0 Å². The van der Waals surface area contributed by atoms with Gasteiger partial charge in [-0.1, -0.05) is 36.4 Å². The molecule has 142 valence electrons. The molecule has 0 bridgehead atoms. The summed E-state index contributed by atoms with van der Waals surface area (Å²) in [5, 5.41) is 12.3. The average Bonchev–Trinajstić information content (AvgIpc) is 2.73. The van der Waals surface area contributed by atoms with Gasteiger partial charge in [-0.05, 0) is 35.4 Å². The number of amides is 1. The number of carbonyl (C=O) groups excluding carboxylic acids is 1. The molecule has 0 fully saturated rings. The Morgan fingerprint density at radius 1 is 0.821 bits per heavy atom. The lowest BCUT2D eigenvalue weighted by molar-refractivity contribution is 0.0697. The third-order valence-corrected chi connectivity index (χ3v) is 4.28. The Kier molecular flexibility index (Phi) is 5.60. The normalized spacial score (nSPS) is 10.2. The van der Waals surface area contributed by atoms with Crippen molar-refractivity contribution in [1.29, 1.82) is 0 Å². The molecule has 2 N–H and O–H groups in total. The standard InChI is InChI=1S/C22H19NO5/c1-27-14-11-12-19(20(13-14)28-2)23-21(24)17-9-5-3-7-15(17)16-8-4-6-10-18(16)22(25)26/h3-13H,1-2H3,(H,23,24)(H,25,26). The summed E-state index contributed by atoms with van der Waals surface area (Å²) < 4.78 is 10.5. The third-order valence-electron chi connectivity index (χ3n) is 4.28. The molecule has 0 radical (unpaired) electrons. The summed E-state index contributed by atoms with van der Waals surface area (Å²) in [5.74, 6) is -0.372. The number of rotatable bonds is 6. The van der Waals surface area contributed by atoms with E-state index in [0.29, 0.717) is 33.9 Å². The zero-order valence-electron chi connectivity index (χ0n) is 15.4. The van der Waals surface area contributed by atoms with E-state index >= 15 is 0 Å². The van der Waals surface area contributed by atoms with Crippen LogP contribution in [0.25, 0.3) is 11.1 Å². The summed E-state index contributed by atoms with van der Waals surface area (Å²) in [6, 6.07) is 18.5. The second kappa shape index (κ2) is 8.26. The molecule has 0 spiro atoms. The number of aromatic carboxylic acids is 1. The first kappa shape index (κ1) is 19.0. The highest BCUT2D eigenvalue weighted by Crippen LogP contribution is 2.31. The van der Waals surface area contributed by atoms with Crippen molar-refractivity contribution in [3.63, 3.8) is 0 Å². The Morgan fingerprint density at radius 3 is 2.04 bits per heavy atom. The number of carboxylic acids is 1. The van der Waals surface area contributed by atoms with Crippen LogP contribution in [0.3, 0.4) is 0 Å². The summed E-state index contributed by atoms with van der Waals surface area (Å²) in [6.07, 6.45) is 0. The Labute approximate surface area is 162 Å². The van der Waals surface area contributed by atoms with Crippen molar-refractivity contribution in [2.24, 2.45) is 0 Å². The molecular weight excluding hydrogens is 358 g/mol. The molecular formula is C22H19NO5. The summed E-state index contributed by atoms with van der Waals surface area (Å²) in [4.78, 5) is 24.5. The summed E-state index contributed by atoms with van der Waals surface area (Å²) in [6.45, 7) is 0. The average molecular weight is 377 g/mol. The molecule has 0 aliphatic rings. The summed E-state index contributed by atoms with van der Waals surface area (Å²) >= 11 is 0. The number of nitrogens with one attached hydrogen (secondary N) is 1. The van der Waals surface area contributed by atoms with E-state index in [1.807, 2.05) is 0 Å². The van der Waals surface area contributed by atoms with E-state index in [4.69, 9.17) is 9.47 Å². The first-order valence-corrected chi connectivity index (χ1v) is 8.50. The number of carbonyl (C=O) groups is 2. The van der Waals surface area contributed by atoms with Gasteiger partial charge in [0.25, 0.3) is 5.91 Å². The second-order valence-electron chi connectivity index (χ2n) is 5.92. The first-order valence-electron chi connectivity index (χ1n) is 8.50. The lowest BCUT2D eigenvalue weighted by atomic mass is 9.95. The van der Waals surface area contributed by atoms with Crippen LogP contribution in [0.4, 0.5) is 5.69 Å². The summed E-state index contributed by atoms with van der Waals surface area (Å²) in [5.41, 5.74) is 1.97. The predicted molar refractivity (Wildman–Crippen MR) is 106 cm³/mol. The molecule has 3 aromatic rings. The van der Waals surface area contributed by atoms with Crippen LogP contribution in [0, 0.1) is 0 Å². The molecule has 0 unspecified atom stereocenters. The minimum absolute atomic E-state index is 0.129. The lowest BCUT2D eigenvalue weighted by Crippen LogP contribution is -2.14. The highest BCUT2D eigenvalue weighted by Gasteiger charge is 2.18. The number of hydrogen-bond acceptors (Lipinski definition) is 4. The Bertz CT molecular complexity index is 1030. The maximum absolute atomic E-state index is 13.0. The van der Waals surface area contributed by atoms with Gasteiger partial charge in [0.1, 0.15) is 11.5 Å². The molecule has 0 aliphatic carbocycles. The van der Waals surface area contributed by atoms with Crippen LogP contribution >= 0.6 is 0 Å². The molecule has 0 saturated carbocycles. The van der Waals surface area contributed by atoms with Gasteiger partial charge < -0.3 is 19.9 Å². The Balaban J connectivity index is 2.00. The van der Waals surface area contributed by atoms with Gasteiger partial charge in [-0.15, -0.1) is 0 Å². The van der Waals surface area contributed by atoms with E-state index in [0.717, 1.165) is 0 Å². The third kappa shape index (κ3) is 3.81. The van der Waals surface area contributed by atoms with Gasteiger partial charge in [0.05, 0.1) is 25.5 Å². The van der Waals surface area contributed by atoms with E-state index in [9.17, 15) is 14.7 Å². The van der Waals surface area contributed by atoms with Crippen molar-refractivity contribution in [1.82, 2.24) is 0 Å². The van der Waals surface area contributed by atoms with Gasteiger partial charge in [0, 0.05) is 11.6 Å². The fraction of sp³-hybridized carbons (Fsp3) is 0.0909. The molecule has 6 heteroatoms. The molecule has 0 atom stereocenters. The molecule has 3 aromatic carbocycles. The number of hydrogen-bond donors (Lipinski definition) is 2. The van der Waals surface area contributed by atoms with Gasteiger partial charge >= 0.3 is 5.97 Å².